The summed E-state index contributed by atoms with van der Waals surface area (Å²) >= 11 is 5.90. The van der Waals surface area contributed by atoms with Crippen molar-refractivity contribution in [3.8, 4) is 5.75 Å². The quantitative estimate of drug-likeness (QED) is 0.476. The fourth-order valence-electron chi connectivity index (χ4n) is 3.47. The van der Waals surface area contributed by atoms with Gasteiger partial charge in [-0.15, -0.1) is 0 Å². The molecule has 0 bridgehead atoms. The van der Waals surface area contributed by atoms with Crippen molar-refractivity contribution >= 4 is 23.4 Å². The van der Waals surface area contributed by atoms with Gasteiger partial charge in [0.1, 0.15) is 11.8 Å². The first-order valence-electron chi connectivity index (χ1n) is 11.1. The molecular formula is C26H35ClN2O3. The van der Waals surface area contributed by atoms with Crippen LogP contribution in [0, 0.1) is 6.92 Å². The monoisotopic (exact) mass is 458 g/mol. The maximum atomic E-state index is 13.2. The van der Waals surface area contributed by atoms with Crippen LogP contribution >= 0.6 is 11.6 Å². The highest BCUT2D eigenvalue weighted by Crippen LogP contribution is 2.18. The Morgan fingerprint density at radius 2 is 1.81 bits per heavy atom. The highest BCUT2D eigenvalue weighted by atomic mass is 35.5. The van der Waals surface area contributed by atoms with Crippen molar-refractivity contribution in [2.24, 2.45) is 0 Å². The Bertz CT molecular complexity index is 891. The second kappa shape index (κ2) is 11.9. The van der Waals surface area contributed by atoms with Gasteiger partial charge in [0.15, 0.2) is 0 Å². The van der Waals surface area contributed by atoms with E-state index in [2.05, 4.69) is 11.4 Å². The van der Waals surface area contributed by atoms with Crippen molar-refractivity contribution in [2.75, 3.05) is 6.61 Å². The predicted molar refractivity (Wildman–Crippen MR) is 130 cm³/mol. The number of aryl methyl sites for hydroxylation is 1. The number of halogens is 1. The summed E-state index contributed by atoms with van der Waals surface area (Å²) in [5, 5.41) is 3.68. The highest BCUT2D eigenvalue weighted by molar-refractivity contribution is 6.30. The Morgan fingerprint density at radius 1 is 1.12 bits per heavy atom. The van der Waals surface area contributed by atoms with Gasteiger partial charge in [-0.3, -0.25) is 9.59 Å². The lowest BCUT2D eigenvalue weighted by Gasteiger charge is -2.33. The molecule has 6 heteroatoms. The van der Waals surface area contributed by atoms with E-state index in [1.165, 1.54) is 0 Å². The molecule has 0 unspecified atom stereocenters. The van der Waals surface area contributed by atoms with E-state index in [-0.39, 0.29) is 17.4 Å². The van der Waals surface area contributed by atoms with Crippen LogP contribution in [0.25, 0.3) is 0 Å². The molecule has 0 aliphatic rings. The molecule has 2 amide bonds. The van der Waals surface area contributed by atoms with Crippen molar-refractivity contribution in [1.29, 1.82) is 0 Å². The summed E-state index contributed by atoms with van der Waals surface area (Å²) < 4.78 is 5.72. The molecule has 0 heterocycles. The first kappa shape index (κ1) is 25.7. The van der Waals surface area contributed by atoms with E-state index in [4.69, 9.17) is 16.3 Å². The van der Waals surface area contributed by atoms with Gasteiger partial charge in [-0.25, -0.2) is 0 Å². The first-order valence-corrected chi connectivity index (χ1v) is 11.5. The summed E-state index contributed by atoms with van der Waals surface area (Å²) in [5.41, 5.74) is 1.77. The number of hydrogen-bond acceptors (Lipinski definition) is 3. The Balaban J connectivity index is 2.08. The van der Waals surface area contributed by atoms with Gasteiger partial charge in [0.25, 0.3) is 0 Å². The lowest BCUT2D eigenvalue weighted by atomic mass is 10.0. The van der Waals surface area contributed by atoms with Crippen LogP contribution in [0.15, 0.2) is 48.5 Å². The fraction of sp³-hybridized carbons (Fsp3) is 0.462. The van der Waals surface area contributed by atoms with Crippen molar-refractivity contribution < 1.29 is 14.3 Å². The standard InChI is InChI=1S/C26H35ClN2O3/c1-6-23(25(31)28-26(3,4)5)29(18-20-10-7-9-19(2)17-20)24(30)11-8-16-32-22-14-12-21(27)13-15-22/h7,9-10,12-15,17,23H,6,8,11,16,18H2,1-5H3,(H,28,31)/t23-/m0/s1. The number of amides is 2. The predicted octanol–water partition coefficient (Wildman–Crippen LogP) is 5.53. The zero-order chi connectivity index (χ0) is 23.7. The molecule has 2 aromatic carbocycles. The molecule has 1 atom stereocenters. The van der Waals surface area contributed by atoms with Gasteiger partial charge in [-0.1, -0.05) is 48.4 Å². The molecular weight excluding hydrogens is 424 g/mol. The van der Waals surface area contributed by atoms with Crippen LogP contribution in [0.5, 0.6) is 5.75 Å². The van der Waals surface area contributed by atoms with E-state index in [1.807, 2.05) is 52.8 Å². The number of nitrogens with one attached hydrogen (secondary N) is 1. The Morgan fingerprint density at radius 3 is 2.41 bits per heavy atom. The second-order valence-corrected chi connectivity index (χ2v) is 9.52. The molecule has 1 N–H and O–H groups in total. The number of benzene rings is 2. The third-order valence-electron chi connectivity index (χ3n) is 4.94. The van der Waals surface area contributed by atoms with Crippen LogP contribution in [0.3, 0.4) is 0 Å². The van der Waals surface area contributed by atoms with Gasteiger partial charge < -0.3 is 15.0 Å². The summed E-state index contributed by atoms with van der Waals surface area (Å²) in [5.74, 6) is 0.537. The third-order valence-corrected chi connectivity index (χ3v) is 5.19. The Labute approximate surface area is 197 Å². The van der Waals surface area contributed by atoms with Crippen LogP contribution in [0.4, 0.5) is 0 Å². The zero-order valence-electron chi connectivity index (χ0n) is 19.8. The van der Waals surface area contributed by atoms with Crippen molar-refractivity contribution in [2.45, 2.75) is 72.0 Å². The van der Waals surface area contributed by atoms with Crippen LogP contribution in [-0.2, 0) is 16.1 Å². The minimum atomic E-state index is -0.528. The van der Waals surface area contributed by atoms with Gasteiger partial charge in [-0.2, -0.15) is 0 Å². The SMILES string of the molecule is CC[C@@H](C(=O)NC(C)(C)C)N(Cc1cccc(C)c1)C(=O)CCCOc1ccc(Cl)cc1. The molecule has 0 saturated carbocycles. The maximum Gasteiger partial charge on any atom is 0.243 e. The van der Waals surface area contributed by atoms with Gasteiger partial charge in [0.2, 0.25) is 11.8 Å². The average molecular weight is 459 g/mol. The summed E-state index contributed by atoms with van der Waals surface area (Å²) in [4.78, 5) is 27.9. The molecule has 2 aromatic rings. The fourth-order valence-corrected chi connectivity index (χ4v) is 3.59. The average Bonchev–Trinajstić information content (AvgIpc) is 2.71. The normalized spacial score (nSPS) is 12.2. The lowest BCUT2D eigenvalue weighted by Crippen LogP contribution is -2.53. The minimum absolute atomic E-state index is 0.0536. The number of nitrogens with zero attached hydrogens (tertiary/aromatic N) is 1. The van der Waals surface area contributed by atoms with Crippen molar-refractivity contribution in [3.05, 3.63) is 64.7 Å². The number of carbonyl (C=O) groups is 2. The molecule has 0 spiro atoms. The molecule has 0 saturated heterocycles. The van der Waals surface area contributed by atoms with E-state index in [1.54, 1.807) is 29.2 Å². The third kappa shape index (κ3) is 8.54. The van der Waals surface area contributed by atoms with Gasteiger partial charge >= 0.3 is 0 Å². The van der Waals surface area contributed by atoms with E-state index < -0.39 is 6.04 Å². The summed E-state index contributed by atoms with van der Waals surface area (Å²) in [6.07, 6.45) is 1.41. The number of hydrogen-bond donors (Lipinski definition) is 1. The van der Waals surface area contributed by atoms with E-state index in [0.29, 0.717) is 37.4 Å². The van der Waals surface area contributed by atoms with Gasteiger partial charge in [0, 0.05) is 23.5 Å². The molecule has 174 valence electrons. The summed E-state index contributed by atoms with van der Waals surface area (Å²) in [7, 11) is 0. The molecule has 0 fully saturated rings. The topological polar surface area (TPSA) is 58.6 Å². The van der Waals surface area contributed by atoms with Crippen LogP contribution < -0.4 is 10.1 Å². The van der Waals surface area contributed by atoms with Gasteiger partial charge in [-0.05, 0) is 70.4 Å². The number of carbonyl (C=O) groups excluding carboxylic acids is 2. The summed E-state index contributed by atoms with van der Waals surface area (Å²) in [6, 6.07) is 14.7. The van der Waals surface area contributed by atoms with Crippen molar-refractivity contribution in [1.82, 2.24) is 10.2 Å². The van der Waals surface area contributed by atoms with Crippen molar-refractivity contribution in [3.63, 3.8) is 0 Å². The minimum Gasteiger partial charge on any atom is -0.494 e. The van der Waals surface area contributed by atoms with E-state index in [9.17, 15) is 9.59 Å². The Kier molecular flexibility index (Phi) is 9.58. The second-order valence-electron chi connectivity index (χ2n) is 9.08. The van der Waals surface area contributed by atoms with Crippen LogP contribution in [0.2, 0.25) is 5.02 Å². The molecule has 2 rings (SSSR count). The lowest BCUT2D eigenvalue weighted by molar-refractivity contribution is -0.142. The molecule has 5 nitrogen and oxygen atoms in total. The molecule has 32 heavy (non-hydrogen) atoms. The molecule has 0 radical (unpaired) electrons. The highest BCUT2D eigenvalue weighted by Gasteiger charge is 2.30. The largest absolute Gasteiger partial charge is 0.494 e. The molecule has 0 aromatic heterocycles. The maximum absolute atomic E-state index is 13.2. The van der Waals surface area contributed by atoms with Crippen LogP contribution in [0.1, 0.15) is 58.1 Å². The summed E-state index contributed by atoms with van der Waals surface area (Å²) in [6.45, 7) is 10.6. The Hall–Kier alpha value is -2.53. The molecule has 0 aliphatic carbocycles. The van der Waals surface area contributed by atoms with E-state index in [0.717, 1.165) is 16.9 Å². The van der Waals surface area contributed by atoms with Crippen LogP contribution in [-0.4, -0.2) is 34.9 Å². The zero-order valence-corrected chi connectivity index (χ0v) is 20.5. The number of ether oxygens (including phenoxy) is 1. The van der Waals surface area contributed by atoms with E-state index >= 15 is 0 Å². The molecule has 0 aliphatic heterocycles. The van der Waals surface area contributed by atoms with Gasteiger partial charge in [0.05, 0.1) is 6.61 Å². The number of rotatable bonds is 10. The first-order chi connectivity index (χ1) is 15.1. The smallest absolute Gasteiger partial charge is 0.243 e.